The smallest absolute Gasteiger partial charge is 0.346 e. The second kappa shape index (κ2) is 7.77. The molecule has 0 saturated heterocycles. The molecule has 0 unspecified atom stereocenters. The number of hydrogen-bond donors (Lipinski definition) is 0. The van der Waals surface area contributed by atoms with Crippen LogP contribution in [0.5, 0.6) is 0 Å². The molecule has 0 amide bonds. The zero-order valence-electron chi connectivity index (χ0n) is 9.73. The lowest BCUT2D eigenvalue weighted by Crippen LogP contribution is -2.68. The molecule has 16 heavy (non-hydrogen) atoms. The van der Waals surface area contributed by atoms with Crippen molar-refractivity contribution in [1.29, 1.82) is 0 Å². The molecule has 0 aliphatic carbocycles. The first kappa shape index (κ1) is 17.9. The third-order valence-electron chi connectivity index (χ3n) is 1.27. The van der Waals surface area contributed by atoms with Crippen molar-refractivity contribution in [2.75, 3.05) is 28.2 Å². The maximum absolute atomic E-state index is 8.49. The zero-order chi connectivity index (χ0) is 13.5. The monoisotopic (exact) mass is 275 g/mol. The molecule has 0 aromatic heterocycles. The Hall–Kier alpha value is -0.440. The summed E-state index contributed by atoms with van der Waals surface area (Å²) in [5.74, 6) is 0.892. The van der Waals surface area contributed by atoms with Gasteiger partial charge in [0.1, 0.15) is 0 Å². The molecule has 0 aliphatic rings. The van der Waals surface area contributed by atoms with Crippen molar-refractivity contribution in [2.45, 2.75) is 6.92 Å². The molecule has 0 fully saturated rings. The van der Waals surface area contributed by atoms with Gasteiger partial charge in [-0.1, -0.05) is 0 Å². The minimum Gasteiger partial charge on any atom is -0.346 e. The second-order valence-electron chi connectivity index (χ2n) is 3.09. The summed E-state index contributed by atoms with van der Waals surface area (Å²) in [5, 5.41) is 0.496. The summed E-state index contributed by atoms with van der Waals surface area (Å²) >= 11 is 5.78. The summed E-state index contributed by atoms with van der Waals surface area (Å²) in [6.07, 6.45) is 0. The molecule has 0 aliphatic heterocycles. The Balaban J connectivity index is 0. The summed E-state index contributed by atoms with van der Waals surface area (Å²) in [5.41, 5.74) is 0. The standard InChI is InChI=1S/C7H15ClN3.ClHO4/c1-6(10(2)3)9-7(8)11(4)5;2-1(3,4)5/h1-5H3;(H,2,3,4,5)/q+1;/p-1. The van der Waals surface area contributed by atoms with Crippen LogP contribution in [0.15, 0.2) is 4.99 Å². The summed E-state index contributed by atoms with van der Waals surface area (Å²) in [6.45, 7) is 1.91. The van der Waals surface area contributed by atoms with Gasteiger partial charge in [0, 0.05) is 32.6 Å². The van der Waals surface area contributed by atoms with Crippen LogP contribution in [0.25, 0.3) is 0 Å². The molecule has 96 valence electrons. The fraction of sp³-hybridized carbons (Fsp3) is 0.714. The summed E-state index contributed by atoms with van der Waals surface area (Å²) < 4.78 is 35.7. The maximum Gasteiger partial charge on any atom is 0.392 e. The molecular weight excluding hydrogens is 261 g/mol. The second-order valence-corrected chi connectivity index (χ2v) is 4.19. The Morgan fingerprint density at radius 3 is 1.69 bits per heavy atom. The van der Waals surface area contributed by atoms with Crippen LogP contribution >= 0.6 is 11.6 Å². The molecule has 0 atom stereocenters. The van der Waals surface area contributed by atoms with Crippen LogP contribution in [0.4, 0.5) is 0 Å². The average molecular weight is 276 g/mol. The van der Waals surface area contributed by atoms with Gasteiger partial charge in [-0.25, -0.2) is 18.6 Å². The van der Waals surface area contributed by atoms with E-state index in [-0.39, 0.29) is 0 Å². The predicted octanol–water partition coefficient (Wildman–Crippen LogP) is -3.92. The first-order valence-electron chi connectivity index (χ1n) is 3.99. The van der Waals surface area contributed by atoms with E-state index in [0.717, 1.165) is 5.84 Å². The minimum absolute atomic E-state index is 0.496. The fourth-order valence-electron chi connectivity index (χ4n) is 0.334. The van der Waals surface area contributed by atoms with E-state index in [0.29, 0.717) is 5.29 Å². The molecule has 0 aromatic rings. The van der Waals surface area contributed by atoms with Gasteiger partial charge in [0.05, 0.1) is 14.1 Å². The van der Waals surface area contributed by atoms with Crippen LogP contribution in [0.3, 0.4) is 0 Å². The molecule has 7 nitrogen and oxygen atoms in total. The molecule has 0 spiro atoms. The average Bonchev–Trinajstić information content (AvgIpc) is 2.00. The number of aliphatic imine (C=N–C) groups is 1. The molecule has 0 aromatic carbocycles. The van der Waals surface area contributed by atoms with Crippen molar-refractivity contribution in [3.63, 3.8) is 0 Å². The normalized spacial score (nSPS) is 11.5. The van der Waals surface area contributed by atoms with Gasteiger partial charge in [-0.2, -0.15) is 0 Å². The number of halogens is 2. The number of hydrogen-bond acceptors (Lipinski definition) is 4. The first-order chi connectivity index (χ1) is 6.95. The van der Waals surface area contributed by atoms with Gasteiger partial charge in [0.25, 0.3) is 0 Å². The Morgan fingerprint density at radius 1 is 1.19 bits per heavy atom. The predicted molar refractivity (Wildman–Crippen MR) is 49.8 cm³/mol. The van der Waals surface area contributed by atoms with Gasteiger partial charge >= 0.3 is 5.29 Å². The Labute approximate surface area is 102 Å². The fourth-order valence-corrected chi connectivity index (χ4v) is 0.456. The number of amidine groups is 2. The number of nitrogens with zero attached hydrogens (tertiary/aromatic N) is 3. The van der Waals surface area contributed by atoms with Crippen LogP contribution < -0.4 is 18.6 Å². The van der Waals surface area contributed by atoms with Gasteiger partial charge in [0.2, 0.25) is 5.84 Å². The quantitative estimate of drug-likeness (QED) is 0.194. The van der Waals surface area contributed by atoms with Gasteiger partial charge in [-0.3, -0.25) is 4.58 Å². The molecular formula is C7H15Cl2N3O4. The lowest BCUT2D eigenvalue weighted by molar-refractivity contribution is -2.00. The van der Waals surface area contributed by atoms with Gasteiger partial charge < -0.3 is 4.90 Å². The lowest BCUT2D eigenvalue weighted by atomic mass is 10.6. The molecule has 9 heteroatoms. The Bertz CT molecular complexity index is 263. The summed E-state index contributed by atoms with van der Waals surface area (Å²) in [6, 6.07) is 0. The number of rotatable bonds is 0. The van der Waals surface area contributed by atoms with Crippen molar-refractivity contribution in [3.05, 3.63) is 0 Å². The van der Waals surface area contributed by atoms with Gasteiger partial charge in [0.15, 0.2) is 0 Å². The highest BCUT2D eigenvalue weighted by molar-refractivity contribution is 6.64. The van der Waals surface area contributed by atoms with E-state index >= 15 is 0 Å². The largest absolute Gasteiger partial charge is 0.392 e. The van der Waals surface area contributed by atoms with Crippen molar-refractivity contribution in [2.24, 2.45) is 4.99 Å². The third kappa shape index (κ3) is 16.0. The minimum atomic E-state index is -4.94. The van der Waals surface area contributed by atoms with E-state index in [2.05, 4.69) is 4.99 Å². The molecule has 0 N–H and O–H groups in total. The molecule has 0 saturated carbocycles. The van der Waals surface area contributed by atoms with E-state index in [1.165, 1.54) is 0 Å². The molecule has 0 heterocycles. The highest BCUT2D eigenvalue weighted by atomic mass is 35.7. The van der Waals surface area contributed by atoms with Gasteiger partial charge in [-0.15, -0.1) is 10.2 Å². The van der Waals surface area contributed by atoms with E-state index in [4.69, 9.17) is 30.2 Å². The molecule has 0 radical (unpaired) electrons. The van der Waals surface area contributed by atoms with Crippen molar-refractivity contribution in [1.82, 2.24) is 4.90 Å². The Morgan fingerprint density at radius 2 is 1.50 bits per heavy atom. The molecule has 0 rings (SSSR count). The SMILES string of the molecule is C/C(=N\C(Cl)=[N+](C)C)N(C)C.[O-][Cl+3]([O-])([O-])[O-]. The van der Waals surface area contributed by atoms with E-state index in [1.807, 2.05) is 40.0 Å². The highest BCUT2D eigenvalue weighted by Crippen LogP contribution is 1.89. The van der Waals surface area contributed by atoms with Crippen LogP contribution in [0.1, 0.15) is 6.92 Å². The van der Waals surface area contributed by atoms with Crippen LogP contribution in [-0.2, 0) is 0 Å². The van der Waals surface area contributed by atoms with Crippen LogP contribution in [0.2, 0.25) is 0 Å². The zero-order valence-corrected chi connectivity index (χ0v) is 11.2. The summed E-state index contributed by atoms with van der Waals surface area (Å²) in [7, 11) is 2.63. The third-order valence-corrected chi connectivity index (χ3v) is 1.69. The molecule has 0 bridgehead atoms. The van der Waals surface area contributed by atoms with E-state index < -0.39 is 10.2 Å². The first-order valence-corrected chi connectivity index (χ1v) is 5.60. The van der Waals surface area contributed by atoms with Gasteiger partial charge in [-0.05, 0) is 4.99 Å². The van der Waals surface area contributed by atoms with Crippen LogP contribution in [0, 0.1) is 10.2 Å². The highest BCUT2D eigenvalue weighted by Gasteiger charge is 2.06. The van der Waals surface area contributed by atoms with Crippen molar-refractivity contribution < 1.29 is 33.5 Å². The van der Waals surface area contributed by atoms with Crippen molar-refractivity contribution >= 4 is 22.7 Å². The maximum atomic E-state index is 8.49. The van der Waals surface area contributed by atoms with Crippen molar-refractivity contribution in [3.8, 4) is 0 Å². The lowest BCUT2D eigenvalue weighted by Gasteiger charge is -2.17. The topological polar surface area (TPSA) is 111 Å². The Kier molecular flexibility index (Phi) is 8.71. The summed E-state index contributed by atoms with van der Waals surface area (Å²) in [4.78, 5) is 6.04. The van der Waals surface area contributed by atoms with E-state index in [9.17, 15) is 0 Å². The van der Waals surface area contributed by atoms with Crippen LogP contribution in [-0.4, -0.2) is 48.8 Å². The van der Waals surface area contributed by atoms with E-state index in [1.54, 1.807) is 4.58 Å².